The predicted molar refractivity (Wildman–Crippen MR) is 30.1 cm³/mol. The molecule has 0 atom stereocenters. The third kappa shape index (κ3) is 8.89. The largest absolute Gasteiger partial charge is 2.00 e. The molecule has 0 bridgehead atoms. The standard InChI is InChI=1S/C3H7ClO.Mg.2H/c1-3(2)5-4;;;/h3H,1-2H3;;;/q;+2;2*-1. The molecular formula is C3H9ClMgO. The van der Waals surface area contributed by atoms with Gasteiger partial charge in [-0.3, -0.25) is 4.29 Å². The molecule has 0 aromatic rings. The van der Waals surface area contributed by atoms with Crippen LogP contribution in [0, 0.1) is 0 Å². The van der Waals surface area contributed by atoms with E-state index in [0.717, 1.165) is 0 Å². The van der Waals surface area contributed by atoms with Gasteiger partial charge in [0.05, 0.1) is 18.0 Å². The molecule has 0 aliphatic rings. The van der Waals surface area contributed by atoms with Crippen molar-refractivity contribution >= 4 is 34.9 Å². The van der Waals surface area contributed by atoms with Crippen LogP contribution in [-0.2, 0) is 4.29 Å². The van der Waals surface area contributed by atoms with Gasteiger partial charge in [-0.2, -0.15) is 0 Å². The van der Waals surface area contributed by atoms with E-state index in [1.165, 1.54) is 0 Å². The molecule has 0 unspecified atom stereocenters. The molecule has 0 aromatic carbocycles. The van der Waals surface area contributed by atoms with E-state index < -0.39 is 0 Å². The Morgan fingerprint density at radius 3 is 1.83 bits per heavy atom. The van der Waals surface area contributed by atoms with Crippen LogP contribution >= 0.6 is 11.9 Å². The van der Waals surface area contributed by atoms with Gasteiger partial charge in [-0.15, -0.1) is 0 Å². The van der Waals surface area contributed by atoms with Gasteiger partial charge in [0.15, 0.2) is 0 Å². The molecule has 3 heteroatoms. The number of hydrogen-bond donors (Lipinski definition) is 0. The Morgan fingerprint density at radius 1 is 1.67 bits per heavy atom. The molecule has 0 aromatic heterocycles. The van der Waals surface area contributed by atoms with E-state index in [0.29, 0.717) is 0 Å². The van der Waals surface area contributed by atoms with Crippen LogP contribution in [0.2, 0.25) is 0 Å². The summed E-state index contributed by atoms with van der Waals surface area (Å²) in [6.45, 7) is 3.74. The maximum Gasteiger partial charge on any atom is 2.00 e. The minimum Gasteiger partial charge on any atom is -1.00 e. The van der Waals surface area contributed by atoms with Crippen LogP contribution in [0.15, 0.2) is 0 Å². The molecule has 0 saturated carbocycles. The van der Waals surface area contributed by atoms with Crippen molar-refractivity contribution in [3.05, 3.63) is 0 Å². The summed E-state index contributed by atoms with van der Waals surface area (Å²) in [6.07, 6.45) is 0.150. The molecule has 0 N–H and O–H groups in total. The van der Waals surface area contributed by atoms with Gasteiger partial charge in [-0.1, -0.05) is 0 Å². The zero-order chi connectivity index (χ0) is 4.28. The normalized spacial score (nSPS) is 8.00. The smallest absolute Gasteiger partial charge is 1.00 e. The average molecular weight is 121 g/mol. The predicted octanol–water partition coefficient (Wildman–Crippen LogP) is 1.41. The van der Waals surface area contributed by atoms with Crippen molar-refractivity contribution in [2.24, 2.45) is 0 Å². The second-order valence-electron chi connectivity index (χ2n) is 1.14. The molecule has 0 heterocycles. The zero-order valence-electron chi connectivity index (χ0n) is 6.07. The summed E-state index contributed by atoms with van der Waals surface area (Å²) in [5, 5.41) is 0. The molecule has 36 valence electrons. The maximum atomic E-state index is 4.84. The van der Waals surface area contributed by atoms with Crippen LogP contribution in [0.25, 0.3) is 0 Å². The fourth-order valence-corrected chi connectivity index (χ4v) is 0. The Bertz CT molecular complexity index is 31.2. The van der Waals surface area contributed by atoms with E-state index in [-0.39, 0.29) is 32.0 Å². The molecule has 0 fully saturated rings. The van der Waals surface area contributed by atoms with Crippen molar-refractivity contribution in [3.63, 3.8) is 0 Å². The molecule has 0 amide bonds. The fourth-order valence-electron chi connectivity index (χ4n) is 0. The van der Waals surface area contributed by atoms with Crippen molar-refractivity contribution < 1.29 is 7.14 Å². The summed E-state index contributed by atoms with van der Waals surface area (Å²) < 4.78 is 4.22. The summed E-state index contributed by atoms with van der Waals surface area (Å²) >= 11 is 4.84. The average Bonchev–Trinajstić information content (AvgIpc) is 1.38. The minimum atomic E-state index is 0. The number of hydrogen-bond acceptors (Lipinski definition) is 1. The SMILES string of the molecule is CC(C)OCl.[H-].[H-].[Mg+2]. The Labute approximate surface area is 62.3 Å². The Balaban J connectivity index is -0.0000000267. The monoisotopic (exact) mass is 120 g/mol. The third-order valence-electron chi connectivity index (χ3n) is 0.178. The Kier molecular flexibility index (Phi) is 10.1. The van der Waals surface area contributed by atoms with E-state index in [4.69, 9.17) is 11.9 Å². The molecule has 0 aliphatic heterocycles. The van der Waals surface area contributed by atoms with E-state index in [1.807, 2.05) is 13.8 Å². The Hall–Kier alpha value is 1.02. The molecular weight excluding hydrogens is 112 g/mol. The van der Waals surface area contributed by atoms with E-state index in [2.05, 4.69) is 4.29 Å². The first-order valence-corrected chi connectivity index (χ1v) is 1.85. The first-order valence-electron chi connectivity index (χ1n) is 1.54. The van der Waals surface area contributed by atoms with Gasteiger partial charge in [-0.05, 0) is 13.8 Å². The van der Waals surface area contributed by atoms with Crippen molar-refractivity contribution in [1.29, 1.82) is 0 Å². The van der Waals surface area contributed by atoms with Crippen LogP contribution in [0.1, 0.15) is 16.7 Å². The fraction of sp³-hybridized carbons (Fsp3) is 1.00. The summed E-state index contributed by atoms with van der Waals surface area (Å²) in [5.74, 6) is 0. The van der Waals surface area contributed by atoms with Crippen molar-refractivity contribution in [2.75, 3.05) is 0 Å². The third-order valence-corrected chi connectivity index (χ3v) is 0.535. The molecule has 0 spiro atoms. The van der Waals surface area contributed by atoms with Gasteiger partial charge in [0.25, 0.3) is 0 Å². The first kappa shape index (κ1) is 10.1. The van der Waals surface area contributed by atoms with Gasteiger partial charge in [0.2, 0.25) is 0 Å². The molecule has 0 rings (SSSR count). The topological polar surface area (TPSA) is 9.23 Å². The molecule has 1 nitrogen and oxygen atoms in total. The molecule has 6 heavy (non-hydrogen) atoms. The van der Waals surface area contributed by atoms with Crippen LogP contribution in [0.3, 0.4) is 0 Å². The summed E-state index contributed by atoms with van der Waals surface area (Å²) in [5.41, 5.74) is 0. The van der Waals surface area contributed by atoms with Crippen LogP contribution < -0.4 is 0 Å². The van der Waals surface area contributed by atoms with Crippen molar-refractivity contribution in [2.45, 2.75) is 20.0 Å². The second kappa shape index (κ2) is 6.02. The zero-order valence-corrected chi connectivity index (χ0v) is 6.24. The van der Waals surface area contributed by atoms with Crippen LogP contribution in [0.4, 0.5) is 0 Å². The number of rotatable bonds is 1. The maximum absolute atomic E-state index is 4.84. The van der Waals surface area contributed by atoms with Gasteiger partial charge in [-0.25, -0.2) is 0 Å². The van der Waals surface area contributed by atoms with Crippen LogP contribution in [-0.4, -0.2) is 29.2 Å². The van der Waals surface area contributed by atoms with Gasteiger partial charge < -0.3 is 2.85 Å². The van der Waals surface area contributed by atoms with Crippen molar-refractivity contribution in [1.82, 2.24) is 0 Å². The van der Waals surface area contributed by atoms with E-state index in [1.54, 1.807) is 0 Å². The van der Waals surface area contributed by atoms with Gasteiger partial charge in [0.1, 0.15) is 0 Å². The number of halogens is 1. The molecule has 0 saturated heterocycles. The summed E-state index contributed by atoms with van der Waals surface area (Å²) in [7, 11) is 0. The summed E-state index contributed by atoms with van der Waals surface area (Å²) in [6, 6.07) is 0. The van der Waals surface area contributed by atoms with Crippen LogP contribution in [0.5, 0.6) is 0 Å². The second-order valence-corrected chi connectivity index (χ2v) is 1.32. The van der Waals surface area contributed by atoms with Gasteiger partial charge >= 0.3 is 23.1 Å². The quantitative estimate of drug-likeness (QED) is 0.476. The molecule has 0 radical (unpaired) electrons. The van der Waals surface area contributed by atoms with E-state index >= 15 is 0 Å². The first-order chi connectivity index (χ1) is 2.27. The minimum absolute atomic E-state index is 0. The van der Waals surface area contributed by atoms with Gasteiger partial charge in [0, 0.05) is 0 Å². The Morgan fingerprint density at radius 2 is 1.83 bits per heavy atom. The summed E-state index contributed by atoms with van der Waals surface area (Å²) in [4.78, 5) is 0. The van der Waals surface area contributed by atoms with E-state index in [9.17, 15) is 0 Å². The van der Waals surface area contributed by atoms with Crippen molar-refractivity contribution in [3.8, 4) is 0 Å². The molecule has 0 aliphatic carbocycles.